The largest absolute Gasteiger partial charge is 0.444 e. The number of hydrogen-bond acceptors (Lipinski definition) is 5. The van der Waals surface area contributed by atoms with Crippen LogP contribution in [0.15, 0.2) is 35.9 Å². The molecule has 0 aromatic heterocycles. The molecule has 2 rings (SSSR count). The highest BCUT2D eigenvalue weighted by Gasteiger charge is 2.34. The minimum absolute atomic E-state index is 0.0282. The quantitative estimate of drug-likeness (QED) is 0.466. The van der Waals surface area contributed by atoms with E-state index >= 15 is 0 Å². The number of ether oxygens (including phenoxy) is 1. The molecule has 138 valence electrons. The molecule has 0 radical (unpaired) electrons. The lowest BCUT2D eigenvalue weighted by Crippen LogP contribution is -2.54. The molecule has 1 aliphatic rings. The number of carbonyl (C=O) groups excluding carboxylic acids is 3. The zero-order chi connectivity index (χ0) is 19.5. The van der Waals surface area contributed by atoms with Gasteiger partial charge in [0, 0.05) is 11.6 Å². The molecule has 2 N–H and O–H groups in total. The van der Waals surface area contributed by atoms with Crippen molar-refractivity contribution in [2.75, 3.05) is 11.4 Å². The maximum absolute atomic E-state index is 12.7. The number of nitrogens with zero attached hydrogens (tertiary/aromatic N) is 1. The average Bonchev–Trinajstić information content (AvgIpc) is 2.50. The van der Waals surface area contributed by atoms with Gasteiger partial charge in [-0.2, -0.15) is 0 Å². The Hall–Kier alpha value is -2.45. The van der Waals surface area contributed by atoms with E-state index in [0.717, 1.165) is 0 Å². The summed E-state index contributed by atoms with van der Waals surface area (Å²) in [5.74, 6) is -1.22. The van der Waals surface area contributed by atoms with Gasteiger partial charge >= 0.3 is 6.09 Å². The molecule has 9 heteroatoms. The molecular formula is C17H18ClN3O4S. The van der Waals surface area contributed by atoms with Crippen LogP contribution >= 0.6 is 23.8 Å². The normalized spacial score (nSPS) is 16.5. The molecule has 7 nitrogen and oxygen atoms in total. The van der Waals surface area contributed by atoms with Crippen molar-refractivity contribution in [1.82, 2.24) is 10.6 Å². The van der Waals surface area contributed by atoms with Crippen molar-refractivity contribution >= 4 is 52.5 Å². The van der Waals surface area contributed by atoms with Crippen LogP contribution in [0.2, 0.25) is 5.02 Å². The summed E-state index contributed by atoms with van der Waals surface area (Å²) in [6.45, 7) is 5.14. The van der Waals surface area contributed by atoms with E-state index in [0.29, 0.717) is 10.7 Å². The molecule has 1 saturated heterocycles. The summed E-state index contributed by atoms with van der Waals surface area (Å²) in [5, 5.41) is 5.39. The number of benzene rings is 1. The first-order valence-electron chi connectivity index (χ1n) is 7.71. The van der Waals surface area contributed by atoms with E-state index in [4.69, 9.17) is 28.6 Å². The number of rotatable bonds is 3. The van der Waals surface area contributed by atoms with Crippen LogP contribution in [0, 0.1) is 0 Å². The molecule has 1 fully saturated rings. The zero-order valence-electron chi connectivity index (χ0n) is 14.5. The fraction of sp³-hybridized carbons (Fsp3) is 0.294. The Kier molecular flexibility index (Phi) is 5.99. The predicted octanol–water partition coefficient (Wildman–Crippen LogP) is 2.54. The molecule has 0 bridgehead atoms. The van der Waals surface area contributed by atoms with E-state index in [-0.39, 0.29) is 17.2 Å². The van der Waals surface area contributed by atoms with E-state index in [9.17, 15) is 14.4 Å². The van der Waals surface area contributed by atoms with Gasteiger partial charge in [0.15, 0.2) is 5.11 Å². The molecular weight excluding hydrogens is 378 g/mol. The van der Waals surface area contributed by atoms with Gasteiger partial charge in [0.1, 0.15) is 11.2 Å². The molecule has 0 atom stereocenters. The number of nitrogens with one attached hydrogen (secondary N) is 2. The average molecular weight is 396 g/mol. The SMILES string of the molecule is CC(C)(C)OC(=O)NC/C=C1/C(=O)NC(=S)N(c2ccc(Cl)cc2)C1=O. The second-order valence-electron chi connectivity index (χ2n) is 6.38. The smallest absolute Gasteiger partial charge is 0.407 e. The highest BCUT2D eigenvalue weighted by atomic mass is 35.5. The van der Waals surface area contributed by atoms with Crippen LogP contribution in [0.4, 0.5) is 10.5 Å². The van der Waals surface area contributed by atoms with Gasteiger partial charge in [-0.1, -0.05) is 11.6 Å². The molecule has 0 spiro atoms. The number of anilines is 1. The molecule has 3 amide bonds. The predicted molar refractivity (Wildman–Crippen MR) is 102 cm³/mol. The topological polar surface area (TPSA) is 87.7 Å². The number of amides is 3. The molecule has 0 unspecified atom stereocenters. The Morgan fingerprint density at radius 2 is 1.92 bits per heavy atom. The van der Waals surface area contributed by atoms with Gasteiger partial charge in [-0.3, -0.25) is 19.8 Å². The third-order valence-corrected chi connectivity index (χ3v) is 3.67. The Morgan fingerprint density at radius 1 is 1.31 bits per heavy atom. The van der Waals surface area contributed by atoms with Crippen LogP contribution in [0.1, 0.15) is 20.8 Å². The number of halogens is 1. The third-order valence-electron chi connectivity index (χ3n) is 3.14. The summed E-state index contributed by atoms with van der Waals surface area (Å²) in [6, 6.07) is 6.44. The number of thiocarbonyl (C=S) groups is 1. The second-order valence-corrected chi connectivity index (χ2v) is 7.20. The Morgan fingerprint density at radius 3 is 2.50 bits per heavy atom. The van der Waals surface area contributed by atoms with Crippen molar-refractivity contribution in [3.05, 3.63) is 40.9 Å². The van der Waals surface area contributed by atoms with Crippen molar-refractivity contribution < 1.29 is 19.1 Å². The van der Waals surface area contributed by atoms with Crippen molar-refractivity contribution in [2.45, 2.75) is 26.4 Å². The second kappa shape index (κ2) is 7.84. The highest BCUT2D eigenvalue weighted by molar-refractivity contribution is 7.80. The molecule has 1 aromatic rings. The number of hydrogen-bond donors (Lipinski definition) is 2. The maximum Gasteiger partial charge on any atom is 0.407 e. The maximum atomic E-state index is 12.7. The van der Waals surface area contributed by atoms with Gasteiger partial charge in [0.2, 0.25) is 0 Å². The van der Waals surface area contributed by atoms with Gasteiger partial charge in [-0.15, -0.1) is 0 Å². The first kappa shape index (κ1) is 19.9. The van der Waals surface area contributed by atoms with E-state index in [1.807, 2.05) is 0 Å². The molecule has 26 heavy (non-hydrogen) atoms. The molecule has 1 heterocycles. The summed E-state index contributed by atoms with van der Waals surface area (Å²) in [5.41, 5.74) is -0.313. The van der Waals surface area contributed by atoms with Crippen LogP contribution in [0.3, 0.4) is 0 Å². The lowest BCUT2D eigenvalue weighted by atomic mass is 10.1. The minimum Gasteiger partial charge on any atom is -0.444 e. The summed E-state index contributed by atoms with van der Waals surface area (Å²) in [7, 11) is 0. The van der Waals surface area contributed by atoms with Crippen LogP contribution in [-0.4, -0.2) is 35.2 Å². The van der Waals surface area contributed by atoms with Gasteiger partial charge in [-0.25, -0.2) is 4.79 Å². The standard InChI is InChI=1S/C17H18ClN3O4S/c1-17(2,3)25-16(24)19-9-8-12-13(22)20-15(26)21(14(12)23)11-6-4-10(18)5-7-11/h4-8H,9H2,1-3H3,(H,19,24)(H,20,22,26)/b12-8-. The van der Waals surface area contributed by atoms with Crippen molar-refractivity contribution in [2.24, 2.45) is 0 Å². The van der Waals surface area contributed by atoms with Crippen molar-refractivity contribution in [3.8, 4) is 0 Å². The first-order valence-corrected chi connectivity index (χ1v) is 8.49. The minimum atomic E-state index is -0.650. The highest BCUT2D eigenvalue weighted by Crippen LogP contribution is 2.22. The lowest BCUT2D eigenvalue weighted by Gasteiger charge is -2.29. The van der Waals surface area contributed by atoms with Crippen LogP contribution in [0.5, 0.6) is 0 Å². The summed E-state index contributed by atoms with van der Waals surface area (Å²) < 4.78 is 5.09. The van der Waals surface area contributed by atoms with Crippen LogP contribution < -0.4 is 15.5 Å². The summed E-state index contributed by atoms with van der Waals surface area (Å²) in [6.07, 6.45) is 0.662. The Bertz CT molecular complexity index is 784. The van der Waals surface area contributed by atoms with Gasteiger partial charge in [-0.05, 0) is 63.3 Å². The Balaban J connectivity index is 2.13. The monoisotopic (exact) mass is 395 g/mol. The third kappa shape index (κ3) is 5.03. The number of alkyl carbamates (subject to hydrolysis) is 1. The van der Waals surface area contributed by atoms with Crippen LogP contribution in [-0.2, 0) is 14.3 Å². The summed E-state index contributed by atoms with van der Waals surface area (Å²) >= 11 is 10.9. The van der Waals surface area contributed by atoms with Crippen molar-refractivity contribution in [1.29, 1.82) is 0 Å². The molecule has 1 aromatic carbocycles. The van der Waals surface area contributed by atoms with E-state index in [1.165, 1.54) is 11.0 Å². The van der Waals surface area contributed by atoms with E-state index < -0.39 is 23.5 Å². The Labute approximate surface area is 161 Å². The van der Waals surface area contributed by atoms with E-state index in [1.54, 1.807) is 45.0 Å². The zero-order valence-corrected chi connectivity index (χ0v) is 16.0. The molecule has 0 saturated carbocycles. The van der Waals surface area contributed by atoms with Gasteiger partial charge in [0.25, 0.3) is 11.8 Å². The van der Waals surface area contributed by atoms with E-state index in [2.05, 4.69) is 10.6 Å². The molecule has 1 aliphatic heterocycles. The van der Waals surface area contributed by atoms with Gasteiger partial charge < -0.3 is 10.1 Å². The number of carbonyl (C=O) groups is 3. The first-order chi connectivity index (χ1) is 12.1. The molecule has 0 aliphatic carbocycles. The lowest BCUT2D eigenvalue weighted by molar-refractivity contribution is -0.122. The van der Waals surface area contributed by atoms with Crippen molar-refractivity contribution in [3.63, 3.8) is 0 Å². The van der Waals surface area contributed by atoms with Gasteiger partial charge in [0.05, 0.1) is 5.69 Å². The van der Waals surface area contributed by atoms with Crippen LogP contribution in [0.25, 0.3) is 0 Å². The fourth-order valence-electron chi connectivity index (χ4n) is 2.09. The summed E-state index contributed by atoms with van der Waals surface area (Å²) in [4.78, 5) is 37.6. The fourth-order valence-corrected chi connectivity index (χ4v) is 2.49.